The molecule has 3 rings (SSSR count). The third-order valence-corrected chi connectivity index (χ3v) is 5.18. The van der Waals surface area contributed by atoms with E-state index in [0.717, 1.165) is 11.0 Å². The molecular weight excluding hydrogens is 436 g/mol. The molecule has 32 heavy (non-hydrogen) atoms. The van der Waals surface area contributed by atoms with E-state index in [9.17, 15) is 9.59 Å². The van der Waals surface area contributed by atoms with Crippen LogP contribution in [-0.4, -0.2) is 40.0 Å². The number of anilines is 2. The first-order valence-electron chi connectivity index (χ1n) is 10.0. The fraction of sp³-hybridized carbons (Fsp3) is 0.350. The molecule has 0 atom stereocenters. The van der Waals surface area contributed by atoms with Gasteiger partial charge in [-0.05, 0) is 26.0 Å². The number of imidazole rings is 1. The number of nitrogens with zero attached hydrogens (tertiary/aromatic N) is 4. The predicted octanol–water partition coefficient (Wildman–Crippen LogP) is 0.631. The van der Waals surface area contributed by atoms with E-state index in [4.69, 9.17) is 27.8 Å². The molecule has 3 aromatic rings. The number of nitrogen functional groups attached to an aromatic ring is 2. The van der Waals surface area contributed by atoms with Crippen LogP contribution in [-0.2, 0) is 24.4 Å². The van der Waals surface area contributed by atoms with E-state index in [1.807, 2.05) is 41.2 Å². The SMILES string of the molecule is CCNC(=O)C[n+]1c(CNC(=O)c2nc(Cl)c(N)nc2N)n(CC)c2cc(OC)ccc21. The molecule has 0 bridgehead atoms. The molecule has 0 saturated heterocycles. The molecule has 0 aliphatic heterocycles. The van der Waals surface area contributed by atoms with Crippen LogP contribution in [0.15, 0.2) is 18.2 Å². The first kappa shape index (κ1) is 23.1. The largest absolute Gasteiger partial charge is 0.497 e. The monoisotopic (exact) mass is 461 g/mol. The van der Waals surface area contributed by atoms with E-state index in [1.54, 1.807) is 7.11 Å². The first-order chi connectivity index (χ1) is 15.3. The lowest BCUT2D eigenvalue weighted by Crippen LogP contribution is -2.47. The number of carbonyl (C=O) groups excluding carboxylic acids is 2. The van der Waals surface area contributed by atoms with Crippen LogP contribution < -0.4 is 31.4 Å². The van der Waals surface area contributed by atoms with Crippen molar-refractivity contribution in [2.24, 2.45) is 0 Å². The van der Waals surface area contributed by atoms with Crippen molar-refractivity contribution < 1.29 is 18.9 Å². The molecule has 0 saturated carbocycles. The molecule has 12 heteroatoms. The molecule has 11 nitrogen and oxygen atoms in total. The van der Waals surface area contributed by atoms with Crippen molar-refractivity contribution in [3.63, 3.8) is 0 Å². The summed E-state index contributed by atoms with van der Waals surface area (Å²) in [5, 5.41) is 5.48. The van der Waals surface area contributed by atoms with E-state index in [-0.39, 0.29) is 41.5 Å². The molecule has 170 valence electrons. The second-order valence-electron chi connectivity index (χ2n) is 6.87. The number of likely N-dealkylation sites (N-methyl/N-ethyl adjacent to an activating group) is 1. The number of methoxy groups -OCH3 is 1. The first-order valence-corrected chi connectivity index (χ1v) is 10.4. The van der Waals surface area contributed by atoms with Gasteiger partial charge in [0, 0.05) is 12.6 Å². The normalized spacial score (nSPS) is 10.9. The lowest BCUT2D eigenvalue weighted by Gasteiger charge is -2.08. The molecule has 0 spiro atoms. The Kier molecular flexibility index (Phi) is 6.98. The van der Waals surface area contributed by atoms with Gasteiger partial charge in [0.25, 0.3) is 17.6 Å². The van der Waals surface area contributed by atoms with Gasteiger partial charge in [-0.2, -0.15) is 0 Å². The van der Waals surface area contributed by atoms with Crippen LogP contribution in [0.2, 0.25) is 5.15 Å². The summed E-state index contributed by atoms with van der Waals surface area (Å²) in [6, 6.07) is 5.60. The Bertz CT molecular complexity index is 1180. The highest BCUT2D eigenvalue weighted by Crippen LogP contribution is 2.22. The van der Waals surface area contributed by atoms with Crippen molar-refractivity contribution in [2.75, 3.05) is 25.1 Å². The van der Waals surface area contributed by atoms with Crippen molar-refractivity contribution >= 4 is 46.1 Å². The number of fused-ring (bicyclic) bond motifs is 1. The fourth-order valence-corrected chi connectivity index (χ4v) is 3.59. The lowest BCUT2D eigenvalue weighted by molar-refractivity contribution is -0.667. The lowest BCUT2D eigenvalue weighted by atomic mass is 10.3. The Morgan fingerprint density at radius 3 is 2.59 bits per heavy atom. The van der Waals surface area contributed by atoms with Gasteiger partial charge in [0.15, 0.2) is 40.1 Å². The van der Waals surface area contributed by atoms with Crippen LogP contribution in [0.3, 0.4) is 0 Å². The van der Waals surface area contributed by atoms with E-state index in [1.165, 1.54) is 0 Å². The predicted molar refractivity (Wildman–Crippen MR) is 120 cm³/mol. The second kappa shape index (κ2) is 9.69. The van der Waals surface area contributed by atoms with Crippen LogP contribution in [0.4, 0.5) is 11.6 Å². The zero-order chi connectivity index (χ0) is 23.4. The summed E-state index contributed by atoms with van der Waals surface area (Å²) in [6.07, 6.45) is 0. The average molecular weight is 462 g/mol. The Morgan fingerprint density at radius 2 is 1.94 bits per heavy atom. The standard InChI is InChI=1S/C20H25ClN8O3/c1-4-24-14(30)10-29-12-7-6-11(32-3)8-13(12)28(5-2)15(29)9-25-20(31)16-18(22)27-19(23)17(21)26-16/h6-8H,4-5,9-10H2,1-3H3,(H5-,22,23,24,25,27,30,31)/p+1. The zero-order valence-electron chi connectivity index (χ0n) is 18.1. The summed E-state index contributed by atoms with van der Waals surface area (Å²) in [7, 11) is 1.59. The molecule has 0 unspecified atom stereocenters. The molecule has 0 fully saturated rings. The second-order valence-corrected chi connectivity index (χ2v) is 7.23. The number of amides is 2. The van der Waals surface area contributed by atoms with Crippen molar-refractivity contribution in [3.05, 3.63) is 34.9 Å². The molecule has 2 heterocycles. The molecule has 1 aromatic carbocycles. The zero-order valence-corrected chi connectivity index (χ0v) is 18.9. The van der Waals surface area contributed by atoms with Crippen molar-refractivity contribution in [2.45, 2.75) is 33.5 Å². The highest BCUT2D eigenvalue weighted by molar-refractivity contribution is 6.31. The van der Waals surface area contributed by atoms with Gasteiger partial charge in [-0.15, -0.1) is 0 Å². The number of benzene rings is 1. The number of hydrogen-bond acceptors (Lipinski definition) is 7. The number of aromatic nitrogens is 4. The molecule has 2 aromatic heterocycles. The summed E-state index contributed by atoms with van der Waals surface area (Å²) < 4.78 is 9.22. The number of hydrogen-bond donors (Lipinski definition) is 4. The van der Waals surface area contributed by atoms with Crippen molar-refractivity contribution in [1.82, 2.24) is 25.2 Å². The van der Waals surface area contributed by atoms with E-state index >= 15 is 0 Å². The van der Waals surface area contributed by atoms with E-state index < -0.39 is 5.91 Å². The highest BCUT2D eigenvalue weighted by atomic mass is 35.5. The van der Waals surface area contributed by atoms with Crippen LogP contribution >= 0.6 is 11.6 Å². The molecular formula is C20H26ClN8O3+. The van der Waals surface area contributed by atoms with Gasteiger partial charge in [0.05, 0.1) is 13.7 Å². The van der Waals surface area contributed by atoms with Crippen LogP contribution in [0.5, 0.6) is 5.75 Å². The number of aryl methyl sites for hydroxylation is 1. The van der Waals surface area contributed by atoms with Crippen molar-refractivity contribution in [1.29, 1.82) is 0 Å². The Morgan fingerprint density at radius 1 is 1.19 bits per heavy atom. The van der Waals surface area contributed by atoms with Gasteiger partial charge in [-0.3, -0.25) is 9.59 Å². The minimum Gasteiger partial charge on any atom is -0.497 e. The quantitative estimate of drug-likeness (QED) is 0.358. The number of nitrogens with one attached hydrogen (secondary N) is 2. The topological polar surface area (TPSA) is 154 Å². The van der Waals surface area contributed by atoms with Crippen LogP contribution in [0, 0.1) is 0 Å². The molecule has 0 radical (unpaired) electrons. The van der Waals surface area contributed by atoms with Gasteiger partial charge in [-0.25, -0.2) is 19.1 Å². The molecule has 0 aliphatic carbocycles. The molecule has 6 N–H and O–H groups in total. The summed E-state index contributed by atoms with van der Waals surface area (Å²) in [6.45, 7) is 5.14. The van der Waals surface area contributed by atoms with E-state index in [0.29, 0.717) is 24.7 Å². The van der Waals surface area contributed by atoms with E-state index in [2.05, 4.69) is 20.6 Å². The third kappa shape index (κ3) is 4.52. The van der Waals surface area contributed by atoms with Gasteiger partial charge < -0.3 is 26.8 Å². The minimum absolute atomic E-state index is 0.0550. The van der Waals surface area contributed by atoms with Gasteiger partial charge in [0.2, 0.25) is 0 Å². The highest BCUT2D eigenvalue weighted by Gasteiger charge is 2.27. The number of nitrogens with two attached hydrogens (primary N) is 2. The Hall–Kier alpha value is -3.60. The Labute approximate surface area is 189 Å². The maximum Gasteiger partial charge on any atom is 0.277 e. The van der Waals surface area contributed by atoms with Gasteiger partial charge in [0.1, 0.15) is 12.3 Å². The minimum atomic E-state index is -0.563. The number of halogens is 1. The number of rotatable bonds is 8. The summed E-state index contributed by atoms with van der Waals surface area (Å²) in [5.74, 6) is 0.512. The number of ether oxygens (including phenoxy) is 1. The Balaban J connectivity index is 2.01. The molecule has 2 amide bonds. The van der Waals surface area contributed by atoms with Gasteiger partial charge in [-0.1, -0.05) is 11.6 Å². The summed E-state index contributed by atoms with van der Waals surface area (Å²) in [5.41, 5.74) is 12.9. The number of carbonyl (C=O) groups is 2. The summed E-state index contributed by atoms with van der Waals surface area (Å²) >= 11 is 5.89. The van der Waals surface area contributed by atoms with Crippen molar-refractivity contribution in [3.8, 4) is 5.75 Å². The average Bonchev–Trinajstić information content (AvgIpc) is 3.06. The maximum absolute atomic E-state index is 12.7. The van der Waals surface area contributed by atoms with Gasteiger partial charge >= 0.3 is 0 Å². The molecule has 0 aliphatic rings. The maximum atomic E-state index is 12.7. The fourth-order valence-electron chi connectivity index (χ4n) is 3.47. The van der Waals surface area contributed by atoms with Crippen LogP contribution in [0.1, 0.15) is 30.2 Å². The van der Waals surface area contributed by atoms with Crippen LogP contribution in [0.25, 0.3) is 11.0 Å². The third-order valence-electron chi connectivity index (χ3n) is 4.91. The summed E-state index contributed by atoms with van der Waals surface area (Å²) in [4.78, 5) is 32.9. The smallest absolute Gasteiger partial charge is 0.277 e.